The molecule has 3 aliphatic rings. The summed E-state index contributed by atoms with van der Waals surface area (Å²) in [5, 5.41) is 0. The van der Waals surface area contributed by atoms with E-state index in [0.717, 1.165) is 23.7 Å². The summed E-state index contributed by atoms with van der Waals surface area (Å²) < 4.78 is 0. The minimum atomic E-state index is 0.857. The van der Waals surface area contributed by atoms with Gasteiger partial charge in [0, 0.05) is 0 Å². The molecule has 2 aromatic carbocycles. The van der Waals surface area contributed by atoms with Crippen molar-refractivity contribution < 1.29 is 0 Å². The van der Waals surface area contributed by atoms with Crippen molar-refractivity contribution in [2.45, 2.75) is 19.3 Å². The van der Waals surface area contributed by atoms with E-state index in [-0.39, 0.29) is 0 Å². The third kappa shape index (κ3) is 2.12. The Kier molecular flexibility index (Phi) is 3.04. The lowest BCUT2D eigenvalue weighted by Gasteiger charge is -2.18. The van der Waals surface area contributed by atoms with Crippen LogP contribution in [0.25, 0.3) is 5.57 Å². The van der Waals surface area contributed by atoms with Gasteiger partial charge in [-0.05, 0) is 59.6 Å². The normalized spacial score (nSPS) is 30.7. The van der Waals surface area contributed by atoms with E-state index in [2.05, 4.69) is 72.8 Å². The second kappa shape index (κ2) is 5.23. The van der Waals surface area contributed by atoms with Crippen LogP contribution < -0.4 is 0 Å². The van der Waals surface area contributed by atoms with Crippen molar-refractivity contribution in [2.24, 2.45) is 23.7 Å². The van der Waals surface area contributed by atoms with Crippen LogP contribution in [-0.2, 0) is 0 Å². The summed E-state index contributed by atoms with van der Waals surface area (Å²) in [6.45, 7) is 0. The highest BCUT2D eigenvalue weighted by atomic mass is 14.5. The summed E-state index contributed by atoms with van der Waals surface area (Å²) in [6, 6.07) is 22.0. The molecule has 3 aliphatic carbocycles. The SMILES string of the molecule is C1=CC2CC1C1CC(=C(c3ccccc3)c3ccccc3)CC21. The highest BCUT2D eigenvalue weighted by molar-refractivity contribution is 5.82. The van der Waals surface area contributed by atoms with Gasteiger partial charge in [0.15, 0.2) is 0 Å². The van der Waals surface area contributed by atoms with E-state index < -0.39 is 0 Å². The molecular weight excluding hydrogens is 276 g/mol. The van der Waals surface area contributed by atoms with Gasteiger partial charge in [0.25, 0.3) is 0 Å². The number of fused-ring (bicyclic) bond motifs is 5. The lowest BCUT2D eigenvalue weighted by atomic mass is 9.86. The van der Waals surface area contributed by atoms with E-state index in [1.165, 1.54) is 36.0 Å². The van der Waals surface area contributed by atoms with Crippen LogP contribution in [0.5, 0.6) is 0 Å². The Hall–Kier alpha value is -2.08. The number of hydrogen-bond acceptors (Lipinski definition) is 0. The van der Waals surface area contributed by atoms with Crippen LogP contribution in [0.3, 0.4) is 0 Å². The zero-order chi connectivity index (χ0) is 15.2. The Labute approximate surface area is 138 Å². The molecule has 2 aromatic rings. The molecule has 0 amide bonds. The molecule has 0 radical (unpaired) electrons. The highest BCUT2D eigenvalue weighted by Gasteiger charge is 2.48. The van der Waals surface area contributed by atoms with Crippen molar-refractivity contribution >= 4 is 5.57 Å². The Morgan fingerprint density at radius 1 is 0.652 bits per heavy atom. The van der Waals surface area contributed by atoms with Gasteiger partial charge in [-0.2, -0.15) is 0 Å². The van der Waals surface area contributed by atoms with Gasteiger partial charge in [-0.3, -0.25) is 0 Å². The molecule has 2 fully saturated rings. The summed E-state index contributed by atoms with van der Waals surface area (Å²) >= 11 is 0. The van der Waals surface area contributed by atoms with Gasteiger partial charge in [0.2, 0.25) is 0 Å². The molecule has 0 spiro atoms. The maximum absolute atomic E-state index is 2.50. The second-order valence-corrected chi connectivity index (χ2v) is 7.39. The van der Waals surface area contributed by atoms with Crippen LogP contribution in [0, 0.1) is 23.7 Å². The molecule has 0 N–H and O–H groups in total. The van der Waals surface area contributed by atoms with Crippen LogP contribution >= 0.6 is 0 Å². The molecule has 0 heteroatoms. The Bertz CT molecular complexity index is 703. The van der Waals surface area contributed by atoms with Crippen LogP contribution in [0.1, 0.15) is 30.4 Å². The lowest BCUT2D eigenvalue weighted by molar-refractivity contribution is 0.364. The van der Waals surface area contributed by atoms with E-state index in [4.69, 9.17) is 0 Å². The van der Waals surface area contributed by atoms with Crippen molar-refractivity contribution in [3.8, 4) is 0 Å². The summed E-state index contributed by atoms with van der Waals surface area (Å²) in [7, 11) is 0. The van der Waals surface area contributed by atoms with Gasteiger partial charge < -0.3 is 0 Å². The standard InChI is InChI=1S/C23H22/c1-3-7-16(8-4-1)23(17-9-5-2-6-10-17)20-14-21-18-11-12-19(13-18)22(21)15-20/h1-12,18-19,21-22H,13-15H2. The van der Waals surface area contributed by atoms with Gasteiger partial charge in [-0.15, -0.1) is 0 Å². The second-order valence-electron chi connectivity index (χ2n) is 7.39. The zero-order valence-electron chi connectivity index (χ0n) is 13.4. The summed E-state index contributed by atoms with van der Waals surface area (Å²) in [5.74, 6) is 3.52. The summed E-state index contributed by atoms with van der Waals surface area (Å²) in [5.41, 5.74) is 5.96. The van der Waals surface area contributed by atoms with Gasteiger partial charge in [-0.1, -0.05) is 78.4 Å². The molecule has 5 rings (SSSR count). The van der Waals surface area contributed by atoms with Gasteiger partial charge in [0.1, 0.15) is 0 Å². The molecule has 4 atom stereocenters. The quantitative estimate of drug-likeness (QED) is 0.622. The largest absolute Gasteiger partial charge is 0.0848 e. The molecule has 0 saturated heterocycles. The van der Waals surface area contributed by atoms with Crippen molar-refractivity contribution in [1.29, 1.82) is 0 Å². The molecule has 4 unspecified atom stereocenters. The smallest absolute Gasteiger partial charge is 0.0119 e. The van der Waals surface area contributed by atoms with E-state index in [1.807, 2.05) is 0 Å². The maximum atomic E-state index is 2.50. The first-order valence-corrected chi connectivity index (χ1v) is 8.91. The van der Waals surface area contributed by atoms with Gasteiger partial charge >= 0.3 is 0 Å². The van der Waals surface area contributed by atoms with Gasteiger partial charge in [-0.25, -0.2) is 0 Å². The fraction of sp³-hybridized carbons (Fsp3) is 0.304. The first-order valence-electron chi connectivity index (χ1n) is 8.91. The van der Waals surface area contributed by atoms with E-state index in [0.29, 0.717) is 0 Å². The molecule has 114 valence electrons. The minimum absolute atomic E-state index is 0.857. The van der Waals surface area contributed by atoms with Crippen molar-refractivity contribution in [3.05, 3.63) is 89.5 Å². The van der Waals surface area contributed by atoms with Crippen LogP contribution in [0.2, 0.25) is 0 Å². The topological polar surface area (TPSA) is 0 Å². The zero-order valence-corrected chi connectivity index (χ0v) is 13.4. The number of benzene rings is 2. The third-order valence-electron chi connectivity index (χ3n) is 6.24. The number of allylic oxidation sites excluding steroid dienone is 3. The molecule has 2 saturated carbocycles. The lowest BCUT2D eigenvalue weighted by Crippen LogP contribution is -2.12. The van der Waals surface area contributed by atoms with Crippen molar-refractivity contribution in [3.63, 3.8) is 0 Å². The predicted molar refractivity (Wildman–Crippen MR) is 95.9 cm³/mol. The summed E-state index contributed by atoms with van der Waals surface area (Å²) in [4.78, 5) is 0. The Morgan fingerprint density at radius 2 is 1.13 bits per heavy atom. The number of hydrogen-bond donors (Lipinski definition) is 0. The minimum Gasteiger partial charge on any atom is -0.0848 e. The van der Waals surface area contributed by atoms with Crippen molar-refractivity contribution in [2.75, 3.05) is 0 Å². The highest BCUT2D eigenvalue weighted by Crippen LogP contribution is 2.58. The first-order chi connectivity index (χ1) is 11.4. The predicted octanol–water partition coefficient (Wildman–Crippen LogP) is 5.72. The molecule has 23 heavy (non-hydrogen) atoms. The van der Waals surface area contributed by atoms with Crippen LogP contribution in [0.15, 0.2) is 78.4 Å². The van der Waals surface area contributed by atoms with E-state index in [1.54, 1.807) is 5.57 Å². The van der Waals surface area contributed by atoms with Crippen molar-refractivity contribution in [1.82, 2.24) is 0 Å². The van der Waals surface area contributed by atoms with Crippen LogP contribution in [0.4, 0.5) is 0 Å². The molecule has 0 nitrogen and oxygen atoms in total. The molecule has 0 aromatic heterocycles. The van der Waals surface area contributed by atoms with E-state index in [9.17, 15) is 0 Å². The summed E-state index contributed by atoms with van der Waals surface area (Å²) in [6.07, 6.45) is 9.03. The van der Waals surface area contributed by atoms with Crippen LogP contribution in [-0.4, -0.2) is 0 Å². The van der Waals surface area contributed by atoms with Gasteiger partial charge in [0.05, 0.1) is 0 Å². The molecule has 2 bridgehead atoms. The average molecular weight is 298 g/mol. The third-order valence-corrected chi connectivity index (χ3v) is 6.24. The maximum Gasteiger partial charge on any atom is -0.0119 e. The molecular formula is C23H22. The van der Waals surface area contributed by atoms with E-state index >= 15 is 0 Å². The molecule has 0 aliphatic heterocycles. The first kappa shape index (κ1) is 13.4. The fourth-order valence-electron chi connectivity index (χ4n) is 5.27. The fourth-order valence-corrected chi connectivity index (χ4v) is 5.27. The molecule has 0 heterocycles. The average Bonchev–Trinajstić information content (AvgIpc) is 3.30. The monoisotopic (exact) mass is 298 g/mol. The Morgan fingerprint density at radius 3 is 1.61 bits per heavy atom. The number of rotatable bonds is 2. The Balaban J connectivity index is 1.61.